The average molecular weight is 571 g/mol. The van der Waals surface area contributed by atoms with E-state index in [2.05, 4.69) is 34.4 Å². The Kier molecular flexibility index (Phi) is 9.60. The van der Waals surface area contributed by atoms with E-state index in [-0.39, 0.29) is 18.7 Å². The van der Waals surface area contributed by atoms with Crippen LogP contribution in [0.15, 0.2) is 48.5 Å². The SMILES string of the molecule is CN1CC[C@@H]2Nc3cccc4c3cc(n4CC(F)(F)F)C#CCNc3cccc(c3)OCCCCOCCO[C@H]2C1. The van der Waals surface area contributed by atoms with Crippen LogP contribution in [-0.2, 0) is 16.0 Å². The Balaban J connectivity index is 1.45. The van der Waals surface area contributed by atoms with Gasteiger partial charge in [-0.2, -0.15) is 13.2 Å². The molecule has 0 spiro atoms. The molecule has 0 amide bonds. The number of nitrogens with one attached hydrogen (secondary N) is 2. The van der Waals surface area contributed by atoms with Crippen LogP contribution >= 0.6 is 0 Å². The smallest absolute Gasteiger partial charge is 0.406 e. The molecule has 5 rings (SSSR count). The number of fused-ring (bicyclic) bond motifs is 4. The van der Waals surface area contributed by atoms with Crippen molar-refractivity contribution < 1.29 is 27.4 Å². The van der Waals surface area contributed by atoms with Gasteiger partial charge in [0.2, 0.25) is 0 Å². The number of aromatic nitrogens is 1. The first-order valence-corrected chi connectivity index (χ1v) is 14.1. The Morgan fingerprint density at radius 3 is 2.76 bits per heavy atom. The lowest BCUT2D eigenvalue weighted by atomic mass is 10.0. The van der Waals surface area contributed by atoms with Gasteiger partial charge in [-0.1, -0.05) is 18.1 Å². The monoisotopic (exact) mass is 570 g/mol. The summed E-state index contributed by atoms with van der Waals surface area (Å²) in [6, 6.07) is 14.7. The molecule has 0 saturated carbocycles. The molecular weight excluding hydrogens is 533 g/mol. The van der Waals surface area contributed by atoms with Gasteiger partial charge < -0.3 is 34.3 Å². The Morgan fingerprint density at radius 2 is 1.88 bits per heavy atom. The number of halogens is 3. The second kappa shape index (κ2) is 13.5. The molecule has 0 radical (unpaired) electrons. The van der Waals surface area contributed by atoms with E-state index in [4.69, 9.17) is 14.2 Å². The first kappa shape index (κ1) is 29.1. The first-order valence-electron chi connectivity index (χ1n) is 14.1. The normalized spacial score (nSPS) is 21.6. The largest absolute Gasteiger partial charge is 0.494 e. The number of anilines is 2. The summed E-state index contributed by atoms with van der Waals surface area (Å²) in [4.78, 5) is 2.23. The van der Waals surface area contributed by atoms with Gasteiger partial charge in [0.15, 0.2) is 0 Å². The van der Waals surface area contributed by atoms with Gasteiger partial charge in [0, 0.05) is 36.0 Å². The van der Waals surface area contributed by atoms with Gasteiger partial charge in [-0.05, 0) is 69.1 Å². The average Bonchev–Trinajstić information content (AvgIpc) is 3.28. The number of likely N-dealkylation sites (tertiary alicyclic amines) is 1. The van der Waals surface area contributed by atoms with Gasteiger partial charge in [-0.25, -0.2) is 0 Å². The Hall–Kier alpha value is -3.39. The summed E-state index contributed by atoms with van der Waals surface area (Å²) >= 11 is 0. The van der Waals surface area contributed by atoms with Crippen molar-refractivity contribution in [3.63, 3.8) is 0 Å². The van der Waals surface area contributed by atoms with Crippen molar-refractivity contribution in [2.24, 2.45) is 0 Å². The summed E-state index contributed by atoms with van der Waals surface area (Å²) < 4.78 is 60.1. The fraction of sp³-hybridized carbons (Fsp3) is 0.484. The van der Waals surface area contributed by atoms with Crippen molar-refractivity contribution in [2.75, 3.05) is 63.7 Å². The fourth-order valence-corrected chi connectivity index (χ4v) is 5.30. The lowest BCUT2D eigenvalue weighted by Gasteiger charge is -2.37. The van der Waals surface area contributed by atoms with Crippen molar-refractivity contribution >= 4 is 22.3 Å². The van der Waals surface area contributed by atoms with Crippen molar-refractivity contribution in [1.82, 2.24) is 9.47 Å². The summed E-state index contributed by atoms with van der Waals surface area (Å²) in [7, 11) is 2.07. The van der Waals surface area contributed by atoms with Gasteiger partial charge >= 0.3 is 6.18 Å². The molecule has 1 saturated heterocycles. The van der Waals surface area contributed by atoms with Crippen LogP contribution < -0.4 is 15.4 Å². The summed E-state index contributed by atoms with van der Waals surface area (Å²) in [5.41, 5.74) is 2.41. The minimum atomic E-state index is -4.39. The molecule has 0 aliphatic carbocycles. The van der Waals surface area contributed by atoms with Crippen LogP contribution in [0.25, 0.3) is 10.9 Å². The van der Waals surface area contributed by atoms with E-state index >= 15 is 0 Å². The molecule has 41 heavy (non-hydrogen) atoms. The molecule has 3 heterocycles. The van der Waals surface area contributed by atoms with Gasteiger partial charge in [0.1, 0.15) is 12.3 Å². The molecule has 0 unspecified atom stereocenters. The van der Waals surface area contributed by atoms with Crippen LogP contribution in [0.5, 0.6) is 5.75 Å². The van der Waals surface area contributed by atoms with E-state index in [1.807, 2.05) is 30.3 Å². The Morgan fingerprint density at radius 1 is 1.02 bits per heavy atom. The molecule has 3 aromatic rings. The fourth-order valence-electron chi connectivity index (χ4n) is 5.30. The number of nitrogens with zero attached hydrogens (tertiary/aromatic N) is 2. The van der Waals surface area contributed by atoms with Crippen molar-refractivity contribution in [3.8, 4) is 17.6 Å². The van der Waals surface area contributed by atoms with Crippen molar-refractivity contribution in [3.05, 3.63) is 54.2 Å². The maximum Gasteiger partial charge on any atom is 0.406 e. The quantitative estimate of drug-likeness (QED) is 0.385. The van der Waals surface area contributed by atoms with Gasteiger partial charge in [-0.3, -0.25) is 0 Å². The molecule has 2 aromatic carbocycles. The number of rotatable bonds is 1. The topological polar surface area (TPSA) is 59.9 Å². The number of likely N-dealkylation sites (N-methyl/N-ethyl adjacent to an activating group) is 1. The van der Waals surface area contributed by atoms with Crippen molar-refractivity contribution in [2.45, 2.75) is 44.1 Å². The van der Waals surface area contributed by atoms with Crippen LogP contribution in [0.1, 0.15) is 25.0 Å². The van der Waals surface area contributed by atoms with E-state index in [1.54, 1.807) is 18.2 Å². The highest BCUT2D eigenvalue weighted by molar-refractivity contribution is 5.94. The van der Waals surface area contributed by atoms with Gasteiger partial charge in [0.05, 0.1) is 49.7 Å². The highest BCUT2D eigenvalue weighted by atomic mass is 19.4. The number of hydrogen-bond donors (Lipinski definition) is 2. The molecular formula is C31H37F3N4O3. The van der Waals surface area contributed by atoms with Crippen LogP contribution in [-0.4, -0.2) is 80.9 Å². The predicted octanol–water partition coefficient (Wildman–Crippen LogP) is 5.36. The molecule has 2 aliphatic heterocycles. The van der Waals surface area contributed by atoms with E-state index < -0.39 is 12.7 Å². The van der Waals surface area contributed by atoms with E-state index in [1.165, 1.54) is 4.57 Å². The van der Waals surface area contributed by atoms with Crippen molar-refractivity contribution in [1.29, 1.82) is 0 Å². The second-order valence-corrected chi connectivity index (χ2v) is 10.5. The molecule has 2 aliphatic rings. The summed E-state index contributed by atoms with van der Waals surface area (Å²) in [6.07, 6.45) is -1.86. The predicted molar refractivity (Wildman–Crippen MR) is 155 cm³/mol. The molecule has 2 atom stereocenters. The Bertz CT molecular complexity index is 1360. The second-order valence-electron chi connectivity index (χ2n) is 10.5. The first-order chi connectivity index (χ1) is 19.9. The zero-order chi connectivity index (χ0) is 28.7. The number of piperidine rings is 1. The van der Waals surface area contributed by atoms with E-state index in [0.29, 0.717) is 43.0 Å². The molecule has 7 nitrogen and oxygen atoms in total. The summed E-state index contributed by atoms with van der Waals surface area (Å²) in [5, 5.41) is 7.53. The highest BCUT2D eigenvalue weighted by Crippen LogP contribution is 2.31. The third-order valence-corrected chi connectivity index (χ3v) is 7.33. The zero-order valence-corrected chi connectivity index (χ0v) is 23.3. The zero-order valence-electron chi connectivity index (χ0n) is 23.3. The standard InChI is InChI=1S/C31H37F3N4O3/c1-37-14-12-28-30(21-37)41-18-17-39-15-2-3-16-40-25-9-4-7-23(19-25)35-13-6-8-24-20-26-27(36-28)10-5-11-29(26)38(24)22-31(32,33)34/h4-5,7,9-11,19-20,28,30,35-36H,2-3,12-18,21-22H2,1H3/t28-,30-/m0/s1. The molecule has 4 bridgehead atoms. The number of benzene rings is 2. The molecule has 1 fully saturated rings. The van der Waals surface area contributed by atoms with Gasteiger partial charge in [-0.15, -0.1) is 0 Å². The molecule has 2 N–H and O–H groups in total. The van der Waals surface area contributed by atoms with Crippen LogP contribution in [0, 0.1) is 11.8 Å². The number of alkyl halides is 3. The molecule has 1 aromatic heterocycles. The lowest BCUT2D eigenvalue weighted by Crippen LogP contribution is -2.50. The molecule has 220 valence electrons. The summed E-state index contributed by atoms with van der Waals surface area (Å²) in [6.45, 7) is 3.00. The van der Waals surface area contributed by atoms with Crippen LogP contribution in [0.4, 0.5) is 24.5 Å². The lowest BCUT2D eigenvalue weighted by molar-refractivity contribution is -0.140. The Labute approximate surface area is 238 Å². The van der Waals surface area contributed by atoms with Crippen LogP contribution in [0.2, 0.25) is 0 Å². The van der Waals surface area contributed by atoms with E-state index in [9.17, 15) is 13.2 Å². The summed E-state index contributed by atoms with van der Waals surface area (Å²) in [5.74, 6) is 6.73. The molecule has 10 heteroatoms. The van der Waals surface area contributed by atoms with Crippen LogP contribution in [0.3, 0.4) is 0 Å². The maximum absolute atomic E-state index is 13.6. The maximum atomic E-state index is 13.6. The number of ether oxygens (including phenoxy) is 3. The minimum Gasteiger partial charge on any atom is -0.494 e. The third kappa shape index (κ3) is 8.09. The van der Waals surface area contributed by atoms with E-state index in [0.717, 1.165) is 49.5 Å². The highest BCUT2D eigenvalue weighted by Gasteiger charge is 2.31. The third-order valence-electron chi connectivity index (χ3n) is 7.33. The van der Waals surface area contributed by atoms with Gasteiger partial charge in [0.25, 0.3) is 0 Å². The number of hydrogen-bond acceptors (Lipinski definition) is 6. The minimum absolute atomic E-state index is 0.00949.